The van der Waals surface area contributed by atoms with E-state index in [4.69, 9.17) is 8.83 Å². The second-order valence-electron chi connectivity index (χ2n) is 21.3. The second-order valence-corrected chi connectivity index (χ2v) is 22.4. The monoisotopic (exact) mass is 890 g/mol. The maximum absolute atomic E-state index is 6.21. The first-order valence-corrected chi connectivity index (χ1v) is 24.6. The number of para-hydroxylation sites is 2. The van der Waals surface area contributed by atoms with Gasteiger partial charge in [0.1, 0.15) is 11.2 Å². The van der Waals surface area contributed by atoms with E-state index >= 15 is 0 Å². The van der Waals surface area contributed by atoms with E-state index in [0.717, 1.165) is 49.9 Å². The van der Waals surface area contributed by atoms with Crippen molar-refractivity contribution < 1.29 is 8.83 Å². The van der Waals surface area contributed by atoms with Crippen LogP contribution in [0.3, 0.4) is 0 Å². The molecule has 67 heavy (non-hydrogen) atoms. The van der Waals surface area contributed by atoms with E-state index in [0.29, 0.717) is 0 Å². The number of anilines is 6. The summed E-state index contributed by atoms with van der Waals surface area (Å²) < 4.78 is 13.7. The van der Waals surface area contributed by atoms with Crippen molar-refractivity contribution in [3.8, 4) is 22.3 Å². The SMILES string of the molecule is Cc1cc(C(C)(C)C)cc(C)c1N1c2cc(C(C)C)cc3c2B(c2ccc(-c4coc5ccccc45)cc2N3c2cccc(-c3coc4ccccc34)c2)c2c1sc1ccc(C(C)(C)C)cc21. The van der Waals surface area contributed by atoms with Crippen LogP contribution < -0.4 is 26.2 Å². The smallest absolute Gasteiger partial charge is 0.254 e. The molecule has 6 heteroatoms. The highest BCUT2D eigenvalue weighted by molar-refractivity contribution is 7.26. The summed E-state index contributed by atoms with van der Waals surface area (Å²) in [6, 6.07) is 50.1. The third kappa shape index (κ3) is 6.47. The van der Waals surface area contributed by atoms with Crippen LogP contribution >= 0.6 is 11.3 Å². The van der Waals surface area contributed by atoms with Crippen molar-refractivity contribution in [3.05, 3.63) is 174 Å². The molecular formula is C61H55BN2O2S. The summed E-state index contributed by atoms with van der Waals surface area (Å²) in [7, 11) is 0. The Morgan fingerprint density at radius 1 is 0.537 bits per heavy atom. The number of benzene rings is 7. The lowest BCUT2D eigenvalue weighted by Gasteiger charge is -2.44. The zero-order valence-electron chi connectivity index (χ0n) is 40.1. The maximum Gasteiger partial charge on any atom is 0.254 e. The average molecular weight is 891 g/mol. The van der Waals surface area contributed by atoms with Gasteiger partial charge < -0.3 is 18.6 Å². The Morgan fingerprint density at radius 3 is 1.78 bits per heavy atom. The molecule has 2 aliphatic rings. The highest BCUT2D eigenvalue weighted by Crippen LogP contribution is 2.51. The first kappa shape index (κ1) is 41.7. The summed E-state index contributed by atoms with van der Waals surface area (Å²) >= 11 is 1.94. The van der Waals surface area contributed by atoms with Gasteiger partial charge in [0.2, 0.25) is 0 Å². The minimum Gasteiger partial charge on any atom is -0.464 e. The number of aryl methyl sites for hydroxylation is 2. The number of rotatable bonds is 5. The highest BCUT2D eigenvalue weighted by atomic mass is 32.1. The summed E-state index contributed by atoms with van der Waals surface area (Å²) in [5.74, 6) is 0.279. The van der Waals surface area contributed by atoms with Crippen LogP contribution in [0.2, 0.25) is 0 Å². The van der Waals surface area contributed by atoms with Gasteiger partial charge in [0, 0.05) is 49.3 Å². The molecule has 0 radical (unpaired) electrons. The first-order valence-electron chi connectivity index (χ1n) is 23.8. The number of nitrogens with zero attached hydrogens (tertiary/aromatic N) is 2. The van der Waals surface area contributed by atoms with Gasteiger partial charge in [-0.2, -0.15) is 0 Å². The van der Waals surface area contributed by atoms with Gasteiger partial charge in [-0.1, -0.05) is 140 Å². The molecule has 10 aromatic rings. The molecule has 0 fully saturated rings. The molecule has 7 aromatic carbocycles. The number of hydrogen-bond acceptors (Lipinski definition) is 5. The maximum atomic E-state index is 6.21. The summed E-state index contributed by atoms with van der Waals surface area (Å²) in [4.78, 5) is 5.23. The molecule has 5 heterocycles. The van der Waals surface area contributed by atoms with Gasteiger partial charge in [-0.3, -0.25) is 0 Å². The van der Waals surface area contributed by atoms with E-state index in [2.05, 4.69) is 194 Å². The lowest BCUT2D eigenvalue weighted by molar-refractivity contribution is 0.589. The Morgan fingerprint density at radius 2 is 1.15 bits per heavy atom. The van der Waals surface area contributed by atoms with Gasteiger partial charge >= 0.3 is 0 Å². The van der Waals surface area contributed by atoms with Gasteiger partial charge in [0.15, 0.2) is 0 Å². The first-order chi connectivity index (χ1) is 32.1. The van der Waals surface area contributed by atoms with Gasteiger partial charge in [0.25, 0.3) is 6.71 Å². The van der Waals surface area contributed by atoms with Crippen molar-refractivity contribution in [2.75, 3.05) is 9.80 Å². The predicted molar refractivity (Wildman–Crippen MR) is 287 cm³/mol. The largest absolute Gasteiger partial charge is 0.464 e. The molecule has 0 unspecified atom stereocenters. The molecule has 0 atom stereocenters. The van der Waals surface area contributed by atoms with Crippen LogP contribution in [0, 0.1) is 13.8 Å². The quantitative estimate of drug-likeness (QED) is 0.161. The fourth-order valence-electron chi connectivity index (χ4n) is 11.0. The number of hydrogen-bond donors (Lipinski definition) is 0. The van der Waals surface area contributed by atoms with Crippen molar-refractivity contribution in [3.63, 3.8) is 0 Å². The molecule has 2 aliphatic heterocycles. The topological polar surface area (TPSA) is 32.8 Å². The standard InChI is InChI=1S/C61H55BN2O2S/c1-35(2)40-30-51-57-52(31-40)64(58-36(3)26-42(27-37(58)4)61(8,9)10)59-56(46-32-41(60(5,6)7)23-25-55(46)67-59)62(57)49-24-22-39(48-34-66-54-21-14-12-19-45(48)54)29-50(49)63(51)43-17-15-16-38(28-43)47-33-65-53-20-13-11-18-44(47)53/h11-35H,1-10H3. The molecule has 12 rings (SSSR count). The van der Waals surface area contributed by atoms with E-state index in [1.165, 1.54) is 82.0 Å². The van der Waals surface area contributed by atoms with Crippen molar-refractivity contribution in [2.24, 2.45) is 0 Å². The Kier molecular flexibility index (Phi) is 9.25. The van der Waals surface area contributed by atoms with Crippen LogP contribution in [0.1, 0.15) is 89.1 Å². The molecule has 0 saturated heterocycles. The number of thiophene rings is 1. The van der Waals surface area contributed by atoms with Crippen molar-refractivity contribution in [1.29, 1.82) is 0 Å². The van der Waals surface area contributed by atoms with Crippen LogP contribution in [-0.2, 0) is 10.8 Å². The minimum absolute atomic E-state index is 0.0164. The third-order valence-corrected chi connectivity index (χ3v) is 15.7. The summed E-state index contributed by atoms with van der Waals surface area (Å²) in [5, 5.41) is 4.86. The van der Waals surface area contributed by atoms with Crippen molar-refractivity contribution in [2.45, 2.75) is 86.0 Å². The Balaban J connectivity index is 1.20. The zero-order chi connectivity index (χ0) is 46.3. The summed E-state index contributed by atoms with van der Waals surface area (Å²) in [5.41, 5.74) is 22.8. The molecule has 0 N–H and O–H groups in total. The third-order valence-electron chi connectivity index (χ3n) is 14.5. The zero-order valence-corrected chi connectivity index (χ0v) is 40.9. The van der Waals surface area contributed by atoms with E-state index in [1.54, 1.807) is 0 Å². The Hall–Kier alpha value is -6.76. The molecule has 3 aromatic heterocycles. The van der Waals surface area contributed by atoms with E-state index in [-0.39, 0.29) is 23.5 Å². The fraction of sp³-hybridized carbons (Fsp3) is 0.213. The average Bonchev–Trinajstić information content (AvgIpc) is 4.04. The molecule has 0 amide bonds. The molecule has 0 bridgehead atoms. The second kappa shape index (κ2) is 14.9. The van der Waals surface area contributed by atoms with Crippen molar-refractivity contribution in [1.82, 2.24) is 0 Å². The summed E-state index contributed by atoms with van der Waals surface area (Å²) in [6.07, 6.45) is 3.84. The molecule has 0 aliphatic carbocycles. The van der Waals surface area contributed by atoms with Gasteiger partial charge in [-0.05, 0) is 140 Å². The Labute approximate surface area is 398 Å². The van der Waals surface area contributed by atoms with Crippen LogP contribution in [0.15, 0.2) is 155 Å². The lowest BCUT2D eigenvalue weighted by atomic mass is 9.33. The van der Waals surface area contributed by atoms with Crippen LogP contribution in [0.5, 0.6) is 0 Å². The fourth-order valence-corrected chi connectivity index (χ4v) is 12.2. The predicted octanol–water partition coefficient (Wildman–Crippen LogP) is 16.1. The van der Waals surface area contributed by atoms with Crippen molar-refractivity contribution >= 4 is 99.9 Å². The van der Waals surface area contributed by atoms with Crippen LogP contribution in [0.4, 0.5) is 33.4 Å². The number of fused-ring (bicyclic) bond motifs is 8. The molecule has 0 spiro atoms. The van der Waals surface area contributed by atoms with Gasteiger partial charge in [-0.15, -0.1) is 11.3 Å². The molecule has 0 saturated carbocycles. The minimum atomic E-state index is -0.0294. The van der Waals surface area contributed by atoms with E-state index in [1.807, 2.05) is 42.1 Å². The normalized spacial score (nSPS) is 13.6. The van der Waals surface area contributed by atoms with Gasteiger partial charge in [-0.25, -0.2) is 0 Å². The highest BCUT2D eigenvalue weighted by Gasteiger charge is 2.46. The van der Waals surface area contributed by atoms with Gasteiger partial charge in [0.05, 0.1) is 23.2 Å². The number of furan rings is 2. The van der Waals surface area contributed by atoms with Crippen LogP contribution in [-0.4, -0.2) is 6.71 Å². The van der Waals surface area contributed by atoms with Crippen LogP contribution in [0.25, 0.3) is 54.3 Å². The Bertz CT molecular complexity index is 3620. The molecular weight excluding hydrogens is 836 g/mol. The molecule has 330 valence electrons. The lowest BCUT2D eigenvalue weighted by Crippen LogP contribution is -2.61. The summed E-state index contributed by atoms with van der Waals surface area (Å²) in [6.45, 7) is 23.2. The van der Waals surface area contributed by atoms with E-state index in [9.17, 15) is 0 Å². The van der Waals surface area contributed by atoms with E-state index < -0.39 is 0 Å². The molecule has 4 nitrogen and oxygen atoms in total.